The molecule has 0 atom stereocenters. The number of hydrogen-bond acceptors (Lipinski definition) is 3. The van der Waals surface area contributed by atoms with Gasteiger partial charge in [0.05, 0.1) is 18.8 Å². The zero-order valence-electron chi connectivity index (χ0n) is 15.8. The van der Waals surface area contributed by atoms with Gasteiger partial charge in [-0.15, -0.1) is 0 Å². The molecule has 4 heteroatoms. The molecule has 0 aliphatic rings. The highest BCUT2D eigenvalue weighted by molar-refractivity contribution is 5.62. The molecule has 0 saturated carbocycles. The van der Waals surface area contributed by atoms with Gasteiger partial charge in [0.1, 0.15) is 11.6 Å². The normalized spacial score (nSPS) is 10.6. The van der Waals surface area contributed by atoms with Crippen LogP contribution in [0.4, 0.5) is 0 Å². The summed E-state index contributed by atoms with van der Waals surface area (Å²) < 4.78 is 1.66. The van der Waals surface area contributed by atoms with Crippen molar-refractivity contribution in [2.45, 2.75) is 33.9 Å². The number of rotatable bonds is 4. The van der Waals surface area contributed by atoms with E-state index < -0.39 is 0 Å². The Balaban J connectivity index is 2.20. The number of hydrogen-bond donors (Lipinski definition) is 1. The summed E-state index contributed by atoms with van der Waals surface area (Å²) in [5.74, 6) is 0. The van der Waals surface area contributed by atoms with Crippen molar-refractivity contribution in [3.05, 3.63) is 92.3 Å². The molecule has 0 radical (unpaired) electrons. The molecule has 27 heavy (non-hydrogen) atoms. The highest BCUT2D eigenvalue weighted by Crippen LogP contribution is 2.23. The Labute approximate surface area is 159 Å². The van der Waals surface area contributed by atoms with Gasteiger partial charge in [-0.1, -0.05) is 48.0 Å². The summed E-state index contributed by atoms with van der Waals surface area (Å²) >= 11 is 0. The summed E-state index contributed by atoms with van der Waals surface area (Å²) in [5.41, 5.74) is 6.35. The van der Waals surface area contributed by atoms with Crippen LogP contribution in [0.5, 0.6) is 0 Å². The monoisotopic (exact) mass is 358 g/mol. The molecular weight excluding hydrogens is 336 g/mol. The first kappa shape index (κ1) is 18.6. The van der Waals surface area contributed by atoms with Gasteiger partial charge in [0.2, 0.25) is 0 Å². The third-order valence-corrected chi connectivity index (χ3v) is 4.87. The highest BCUT2D eigenvalue weighted by atomic mass is 16.3. The summed E-state index contributed by atoms with van der Waals surface area (Å²) in [6, 6.07) is 17.6. The molecule has 0 aliphatic carbocycles. The smallest absolute Gasteiger partial charge is 0.269 e. The number of aryl methyl sites for hydroxylation is 3. The number of benzene rings is 2. The fourth-order valence-corrected chi connectivity index (χ4v) is 3.27. The molecule has 1 aromatic heterocycles. The van der Waals surface area contributed by atoms with Crippen LogP contribution < -0.4 is 5.56 Å². The second kappa shape index (κ2) is 7.61. The van der Waals surface area contributed by atoms with Crippen molar-refractivity contribution in [1.82, 2.24) is 4.57 Å². The van der Waals surface area contributed by atoms with Gasteiger partial charge in [-0.3, -0.25) is 4.79 Å². The lowest BCUT2D eigenvalue weighted by atomic mass is 10.0. The SMILES string of the molecule is Cc1ccc(Cn2c(-c3ccc(CO)cc3)cc(C)c(C#N)c2=O)c(C)c1. The van der Waals surface area contributed by atoms with Gasteiger partial charge in [-0.2, -0.15) is 5.26 Å². The van der Waals surface area contributed by atoms with E-state index in [9.17, 15) is 15.2 Å². The van der Waals surface area contributed by atoms with E-state index in [0.29, 0.717) is 12.1 Å². The first-order chi connectivity index (χ1) is 12.9. The molecule has 0 unspecified atom stereocenters. The molecule has 136 valence electrons. The van der Waals surface area contributed by atoms with Crippen molar-refractivity contribution in [1.29, 1.82) is 5.26 Å². The van der Waals surface area contributed by atoms with Crippen molar-refractivity contribution in [2.75, 3.05) is 0 Å². The van der Waals surface area contributed by atoms with E-state index in [1.165, 1.54) is 5.56 Å². The minimum Gasteiger partial charge on any atom is -0.392 e. The maximum absolute atomic E-state index is 13.0. The van der Waals surface area contributed by atoms with Gasteiger partial charge < -0.3 is 9.67 Å². The second-order valence-corrected chi connectivity index (χ2v) is 6.88. The topological polar surface area (TPSA) is 66.0 Å². The van der Waals surface area contributed by atoms with E-state index in [1.54, 1.807) is 11.5 Å². The van der Waals surface area contributed by atoms with Gasteiger partial charge in [-0.05, 0) is 54.7 Å². The fourth-order valence-electron chi connectivity index (χ4n) is 3.27. The third-order valence-electron chi connectivity index (χ3n) is 4.87. The van der Waals surface area contributed by atoms with Crippen LogP contribution in [0.15, 0.2) is 53.3 Å². The average molecular weight is 358 g/mol. The molecule has 4 nitrogen and oxygen atoms in total. The lowest BCUT2D eigenvalue weighted by molar-refractivity contribution is 0.282. The molecular formula is C23H22N2O2. The second-order valence-electron chi connectivity index (χ2n) is 6.88. The summed E-state index contributed by atoms with van der Waals surface area (Å²) in [6.07, 6.45) is 0. The third kappa shape index (κ3) is 3.69. The predicted molar refractivity (Wildman–Crippen MR) is 107 cm³/mol. The Hall–Kier alpha value is -3.16. The van der Waals surface area contributed by atoms with Crippen LogP contribution in [-0.2, 0) is 13.2 Å². The van der Waals surface area contributed by atoms with Crippen LogP contribution >= 0.6 is 0 Å². The van der Waals surface area contributed by atoms with E-state index in [-0.39, 0.29) is 17.7 Å². The quantitative estimate of drug-likeness (QED) is 0.770. The Morgan fingerprint density at radius 3 is 2.30 bits per heavy atom. The standard InChI is InChI=1S/C23H22N2O2/c1-15-4-7-20(16(2)10-15)13-25-22(11-17(3)21(12-24)23(25)27)19-8-5-18(14-26)6-9-19/h4-11,26H,13-14H2,1-3H3. The molecule has 1 heterocycles. The Kier molecular flexibility index (Phi) is 5.25. The van der Waals surface area contributed by atoms with Gasteiger partial charge in [0, 0.05) is 0 Å². The molecule has 3 rings (SSSR count). The van der Waals surface area contributed by atoms with Crippen LogP contribution in [0.2, 0.25) is 0 Å². The van der Waals surface area contributed by atoms with E-state index >= 15 is 0 Å². The first-order valence-electron chi connectivity index (χ1n) is 8.85. The zero-order valence-corrected chi connectivity index (χ0v) is 15.8. The lowest BCUT2D eigenvalue weighted by Crippen LogP contribution is -2.26. The molecule has 3 aromatic rings. The average Bonchev–Trinajstić information content (AvgIpc) is 2.66. The molecule has 2 aromatic carbocycles. The van der Waals surface area contributed by atoms with Crippen molar-refractivity contribution in [2.24, 2.45) is 0 Å². The maximum atomic E-state index is 13.0. The number of aliphatic hydroxyl groups is 1. The van der Waals surface area contributed by atoms with Crippen molar-refractivity contribution >= 4 is 0 Å². The largest absolute Gasteiger partial charge is 0.392 e. The maximum Gasteiger partial charge on any atom is 0.269 e. The van der Waals surface area contributed by atoms with Crippen LogP contribution in [0, 0.1) is 32.1 Å². The van der Waals surface area contributed by atoms with E-state index in [1.807, 2.05) is 62.4 Å². The minimum atomic E-state index is -0.279. The molecule has 0 spiro atoms. The van der Waals surface area contributed by atoms with E-state index in [4.69, 9.17) is 0 Å². The molecule has 0 aliphatic heterocycles. The van der Waals surface area contributed by atoms with Crippen LogP contribution in [0.25, 0.3) is 11.3 Å². The summed E-state index contributed by atoms with van der Waals surface area (Å²) in [7, 11) is 0. The molecule has 0 bridgehead atoms. The van der Waals surface area contributed by atoms with Gasteiger partial charge in [0.25, 0.3) is 5.56 Å². The van der Waals surface area contributed by atoms with Gasteiger partial charge in [-0.25, -0.2) is 0 Å². The van der Waals surface area contributed by atoms with Crippen LogP contribution in [0.1, 0.15) is 33.4 Å². The molecule has 0 amide bonds. The van der Waals surface area contributed by atoms with Crippen LogP contribution in [-0.4, -0.2) is 9.67 Å². The van der Waals surface area contributed by atoms with Gasteiger partial charge in [0.15, 0.2) is 0 Å². The predicted octanol–water partition coefficient (Wildman–Crippen LogP) is 3.85. The van der Waals surface area contributed by atoms with Gasteiger partial charge >= 0.3 is 0 Å². The first-order valence-corrected chi connectivity index (χ1v) is 8.85. The lowest BCUT2D eigenvalue weighted by Gasteiger charge is -2.17. The number of nitriles is 1. The number of aromatic nitrogens is 1. The van der Waals surface area contributed by atoms with E-state index in [2.05, 4.69) is 6.07 Å². The number of pyridine rings is 1. The zero-order chi connectivity index (χ0) is 19.6. The van der Waals surface area contributed by atoms with Crippen LogP contribution in [0.3, 0.4) is 0 Å². The minimum absolute atomic E-state index is 0.0257. The Bertz CT molecular complexity index is 1090. The molecule has 0 fully saturated rings. The summed E-state index contributed by atoms with van der Waals surface area (Å²) in [6.45, 7) is 6.23. The number of nitrogens with zero attached hydrogens (tertiary/aromatic N) is 2. The van der Waals surface area contributed by atoms with Crippen molar-refractivity contribution in [3.8, 4) is 17.3 Å². The summed E-state index contributed by atoms with van der Waals surface area (Å²) in [5, 5.41) is 18.7. The fraction of sp³-hybridized carbons (Fsp3) is 0.217. The van der Waals surface area contributed by atoms with Crippen molar-refractivity contribution < 1.29 is 5.11 Å². The molecule has 0 saturated heterocycles. The van der Waals surface area contributed by atoms with Crippen molar-refractivity contribution in [3.63, 3.8) is 0 Å². The Morgan fingerprint density at radius 2 is 1.70 bits per heavy atom. The summed E-state index contributed by atoms with van der Waals surface area (Å²) in [4.78, 5) is 13.0. The molecule has 1 N–H and O–H groups in total. The number of aliphatic hydroxyl groups excluding tert-OH is 1. The highest BCUT2D eigenvalue weighted by Gasteiger charge is 2.15. The van der Waals surface area contributed by atoms with E-state index in [0.717, 1.165) is 27.9 Å². The Morgan fingerprint density at radius 1 is 1.00 bits per heavy atom.